The minimum atomic E-state index is -2.04. The average molecular weight is 362 g/mol. The fourth-order valence-corrected chi connectivity index (χ4v) is 2.06. The molecule has 0 aromatic heterocycles. The Morgan fingerprint density at radius 1 is 1.20 bits per heavy atom. The van der Waals surface area contributed by atoms with Crippen LogP contribution >= 0.6 is 0 Å². The maximum atomic E-state index is 12.1. The molecule has 0 amide bonds. The molecule has 4 atom stereocenters. The number of carbonyl (C=O) groups excluding carboxylic acids is 5. The maximum Gasteiger partial charge on any atom is 0.373 e. The molecule has 140 valence electrons. The fraction of sp³-hybridized carbons (Fsp3) is 0.643. The maximum absolute atomic E-state index is 12.1. The number of hydrogen-bond donors (Lipinski definition) is 0. The van der Waals surface area contributed by atoms with Gasteiger partial charge < -0.3 is 23.7 Å². The SMILES string of the molecule is CC(=O)OC[C@@H](OC=O)[C@@H](OC(C)=O)C1O[C@@](C)(OC(C)=O)OC1=O. The van der Waals surface area contributed by atoms with Crippen molar-refractivity contribution >= 4 is 30.3 Å². The minimum absolute atomic E-state index is 0.0240. The summed E-state index contributed by atoms with van der Waals surface area (Å²) in [6, 6.07) is 0. The molecule has 1 fully saturated rings. The number of carbonyl (C=O) groups is 5. The summed E-state index contributed by atoms with van der Waals surface area (Å²) >= 11 is 0. The molecule has 11 heteroatoms. The highest BCUT2D eigenvalue weighted by molar-refractivity contribution is 5.79. The van der Waals surface area contributed by atoms with E-state index in [1.54, 1.807) is 0 Å². The van der Waals surface area contributed by atoms with Gasteiger partial charge in [0, 0.05) is 27.7 Å². The molecule has 0 spiro atoms. The van der Waals surface area contributed by atoms with Crippen LogP contribution in [0.3, 0.4) is 0 Å². The van der Waals surface area contributed by atoms with E-state index in [1.165, 1.54) is 0 Å². The smallest absolute Gasteiger partial charge is 0.373 e. The Labute approximate surface area is 142 Å². The third-order valence-electron chi connectivity index (χ3n) is 2.84. The molecular formula is C14H18O11. The highest BCUT2D eigenvalue weighted by atomic mass is 16.9. The van der Waals surface area contributed by atoms with Crippen LogP contribution < -0.4 is 0 Å². The number of hydrogen-bond acceptors (Lipinski definition) is 11. The summed E-state index contributed by atoms with van der Waals surface area (Å²) < 4.78 is 29.3. The van der Waals surface area contributed by atoms with Crippen LogP contribution in [-0.4, -0.2) is 61.2 Å². The summed E-state index contributed by atoms with van der Waals surface area (Å²) in [5.41, 5.74) is 0. The number of esters is 4. The highest BCUT2D eigenvalue weighted by Gasteiger charge is 2.54. The van der Waals surface area contributed by atoms with Gasteiger partial charge in [0.1, 0.15) is 6.61 Å². The second kappa shape index (κ2) is 8.42. The first-order chi connectivity index (χ1) is 11.6. The molecule has 1 aliphatic heterocycles. The predicted molar refractivity (Wildman–Crippen MR) is 74.3 cm³/mol. The Morgan fingerprint density at radius 2 is 1.84 bits per heavy atom. The monoisotopic (exact) mass is 362 g/mol. The lowest BCUT2D eigenvalue weighted by atomic mass is 10.1. The first kappa shape index (κ1) is 20.4. The van der Waals surface area contributed by atoms with E-state index in [2.05, 4.69) is 0 Å². The van der Waals surface area contributed by atoms with Gasteiger partial charge >= 0.3 is 29.9 Å². The molecule has 0 aliphatic carbocycles. The Kier molecular flexibility index (Phi) is 6.86. The van der Waals surface area contributed by atoms with Gasteiger partial charge in [-0.05, 0) is 0 Å². The van der Waals surface area contributed by atoms with Gasteiger partial charge in [0.15, 0.2) is 12.2 Å². The summed E-state index contributed by atoms with van der Waals surface area (Å²) in [5, 5.41) is 0. The van der Waals surface area contributed by atoms with Crippen LogP contribution in [0.25, 0.3) is 0 Å². The molecule has 1 unspecified atom stereocenters. The number of ether oxygens (including phenoxy) is 6. The molecule has 0 N–H and O–H groups in total. The van der Waals surface area contributed by atoms with Crippen LogP contribution in [0.2, 0.25) is 0 Å². The van der Waals surface area contributed by atoms with Crippen molar-refractivity contribution in [2.75, 3.05) is 6.61 Å². The molecule has 1 saturated heterocycles. The van der Waals surface area contributed by atoms with E-state index in [9.17, 15) is 24.0 Å². The van der Waals surface area contributed by atoms with Gasteiger partial charge in [0.2, 0.25) is 6.10 Å². The molecule has 1 aliphatic rings. The Hall–Kier alpha value is -2.69. The van der Waals surface area contributed by atoms with Gasteiger partial charge in [0.05, 0.1) is 0 Å². The quantitative estimate of drug-likeness (QED) is 0.304. The van der Waals surface area contributed by atoms with Crippen LogP contribution in [0.1, 0.15) is 27.7 Å². The van der Waals surface area contributed by atoms with Gasteiger partial charge in [-0.2, -0.15) is 0 Å². The van der Waals surface area contributed by atoms with Gasteiger partial charge in [-0.3, -0.25) is 23.9 Å². The van der Waals surface area contributed by atoms with Crippen LogP contribution in [0.4, 0.5) is 0 Å². The summed E-state index contributed by atoms with van der Waals surface area (Å²) in [6.45, 7) is 3.88. The van der Waals surface area contributed by atoms with E-state index < -0.39 is 54.8 Å². The van der Waals surface area contributed by atoms with E-state index in [0.717, 1.165) is 27.7 Å². The molecule has 0 bridgehead atoms. The summed E-state index contributed by atoms with van der Waals surface area (Å²) in [6.07, 6.45) is -4.46. The Balaban J connectivity index is 3.04. The summed E-state index contributed by atoms with van der Waals surface area (Å²) in [5.74, 6) is -5.39. The van der Waals surface area contributed by atoms with Crippen molar-refractivity contribution in [1.82, 2.24) is 0 Å². The molecule has 0 saturated carbocycles. The lowest BCUT2D eigenvalue weighted by Gasteiger charge is -2.27. The van der Waals surface area contributed by atoms with Gasteiger partial charge in [0.25, 0.3) is 6.47 Å². The van der Waals surface area contributed by atoms with Crippen LogP contribution in [0.15, 0.2) is 0 Å². The zero-order chi connectivity index (χ0) is 19.2. The lowest BCUT2D eigenvalue weighted by molar-refractivity contribution is -0.309. The molecule has 0 aromatic rings. The first-order valence-electron chi connectivity index (χ1n) is 7.08. The van der Waals surface area contributed by atoms with Crippen LogP contribution in [0.5, 0.6) is 0 Å². The van der Waals surface area contributed by atoms with Crippen molar-refractivity contribution in [3.05, 3.63) is 0 Å². The van der Waals surface area contributed by atoms with E-state index in [0.29, 0.717) is 0 Å². The van der Waals surface area contributed by atoms with Gasteiger partial charge in [-0.25, -0.2) is 4.79 Å². The molecular weight excluding hydrogens is 344 g/mol. The largest absolute Gasteiger partial charge is 0.462 e. The molecule has 0 radical (unpaired) electrons. The van der Waals surface area contributed by atoms with Crippen molar-refractivity contribution in [3.63, 3.8) is 0 Å². The second-order valence-electron chi connectivity index (χ2n) is 5.06. The van der Waals surface area contributed by atoms with Crippen molar-refractivity contribution < 1.29 is 52.4 Å². The molecule has 0 aromatic carbocycles. The van der Waals surface area contributed by atoms with Crippen molar-refractivity contribution in [1.29, 1.82) is 0 Å². The third-order valence-corrected chi connectivity index (χ3v) is 2.84. The third kappa shape index (κ3) is 6.03. The molecule has 1 heterocycles. The van der Waals surface area contributed by atoms with Crippen molar-refractivity contribution in [2.45, 2.75) is 52.0 Å². The van der Waals surface area contributed by atoms with Crippen LogP contribution in [0, 0.1) is 0 Å². The molecule has 25 heavy (non-hydrogen) atoms. The average Bonchev–Trinajstić information content (AvgIpc) is 2.74. The topological polar surface area (TPSA) is 141 Å². The van der Waals surface area contributed by atoms with Crippen molar-refractivity contribution in [3.8, 4) is 0 Å². The standard InChI is InChI=1S/C14H18O11/c1-7(16)20-5-10(21-6-15)11(22-8(2)17)12-13(19)25-14(4,24-12)23-9(3)18/h6,10-12H,5H2,1-4H3/t10-,11-,12?,14-/m1/s1. The van der Waals surface area contributed by atoms with Crippen LogP contribution in [-0.2, 0) is 52.4 Å². The van der Waals surface area contributed by atoms with E-state index >= 15 is 0 Å². The van der Waals surface area contributed by atoms with Gasteiger partial charge in [-0.15, -0.1) is 0 Å². The zero-order valence-electron chi connectivity index (χ0n) is 14.0. The number of cyclic esters (lactones) is 1. The fourth-order valence-electron chi connectivity index (χ4n) is 2.06. The molecule has 1 rings (SSSR count). The molecule has 11 nitrogen and oxygen atoms in total. The van der Waals surface area contributed by atoms with Gasteiger partial charge in [-0.1, -0.05) is 0 Å². The van der Waals surface area contributed by atoms with E-state index in [-0.39, 0.29) is 6.47 Å². The summed E-state index contributed by atoms with van der Waals surface area (Å²) in [4.78, 5) is 56.1. The summed E-state index contributed by atoms with van der Waals surface area (Å²) in [7, 11) is 0. The first-order valence-corrected chi connectivity index (χ1v) is 7.08. The Bertz CT molecular complexity index is 557. The second-order valence-corrected chi connectivity index (χ2v) is 5.06. The number of rotatable bonds is 8. The lowest BCUT2D eigenvalue weighted by Crippen LogP contribution is -2.48. The normalized spacial score (nSPS) is 24.5. The van der Waals surface area contributed by atoms with E-state index in [4.69, 9.17) is 28.4 Å². The highest BCUT2D eigenvalue weighted by Crippen LogP contribution is 2.30. The predicted octanol–water partition coefficient (Wildman–Crippen LogP) is -0.798. The minimum Gasteiger partial charge on any atom is -0.462 e. The Morgan fingerprint density at radius 3 is 2.32 bits per heavy atom. The van der Waals surface area contributed by atoms with E-state index in [1.807, 2.05) is 0 Å². The zero-order valence-corrected chi connectivity index (χ0v) is 14.0. The van der Waals surface area contributed by atoms with Crippen molar-refractivity contribution in [2.24, 2.45) is 0 Å².